The van der Waals surface area contributed by atoms with Crippen LogP contribution in [0.15, 0.2) is 59.8 Å². The number of hydrogen-bond donors (Lipinski definition) is 2. The zero-order valence-electron chi connectivity index (χ0n) is 17.5. The molecule has 0 bridgehead atoms. The van der Waals surface area contributed by atoms with Crippen LogP contribution in [0, 0.1) is 11.7 Å². The number of ether oxygens (including phenoxy) is 1. The Morgan fingerprint density at radius 3 is 2.55 bits per heavy atom. The summed E-state index contributed by atoms with van der Waals surface area (Å²) in [5.74, 6) is -3.05. The Hall–Kier alpha value is -3.77. The summed E-state index contributed by atoms with van der Waals surface area (Å²) in [4.78, 5) is 37.5. The van der Waals surface area contributed by atoms with Crippen molar-refractivity contribution in [3.05, 3.63) is 77.0 Å². The van der Waals surface area contributed by atoms with E-state index in [-0.39, 0.29) is 29.1 Å². The van der Waals surface area contributed by atoms with Crippen LogP contribution in [0.4, 0.5) is 10.2 Å². The molecule has 2 N–H and O–H groups in total. The van der Waals surface area contributed by atoms with E-state index in [9.17, 15) is 22.4 Å². The molecule has 4 rings (SSSR count). The van der Waals surface area contributed by atoms with Crippen LogP contribution in [0.3, 0.4) is 0 Å². The Kier molecular flexibility index (Phi) is 5.87. The molecule has 12 heteroatoms. The molecule has 1 aliphatic carbocycles. The second-order valence-electron chi connectivity index (χ2n) is 7.22. The van der Waals surface area contributed by atoms with Crippen molar-refractivity contribution in [1.29, 1.82) is 0 Å². The van der Waals surface area contributed by atoms with Crippen molar-refractivity contribution in [2.75, 3.05) is 11.8 Å². The number of hydrogen-bond acceptors (Lipinski definition) is 8. The Morgan fingerprint density at radius 2 is 1.85 bits per heavy atom. The number of nitrogens with one attached hydrogen (secondary N) is 2. The molecule has 1 aliphatic heterocycles. The minimum atomic E-state index is -3.99. The monoisotopic (exact) mass is 471 g/mol. The van der Waals surface area contributed by atoms with Gasteiger partial charge in [-0.3, -0.25) is 14.3 Å². The summed E-state index contributed by atoms with van der Waals surface area (Å²) in [6.07, 6.45) is 6.98. The lowest BCUT2D eigenvalue weighted by Crippen LogP contribution is -2.31. The average molecular weight is 471 g/mol. The van der Waals surface area contributed by atoms with Gasteiger partial charge in [-0.1, -0.05) is 0 Å². The number of nitrogens with zero attached hydrogens (tertiary/aromatic N) is 3. The zero-order valence-corrected chi connectivity index (χ0v) is 18.3. The summed E-state index contributed by atoms with van der Waals surface area (Å²) in [6, 6.07) is 2.96. The summed E-state index contributed by atoms with van der Waals surface area (Å²) >= 11 is 0. The van der Waals surface area contributed by atoms with Crippen molar-refractivity contribution < 1.29 is 27.1 Å². The minimum absolute atomic E-state index is 0.0327. The highest BCUT2D eigenvalue weighted by molar-refractivity contribution is 7.90. The van der Waals surface area contributed by atoms with E-state index in [0.29, 0.717) is 17.0 Å². The van der Waals surface area contributed by atoms with Crippen molar-refractivity contribution in [3.63, 3.8) is 0 Å². The summed E-state index contributed by atoms with van der Waals surface area (Å²) in [7, 11) is -2.83. The predicted molar refractivity (Wildman–Crippen MR) is 115 cm³/mol. The van der Waals surface area contributed by atoms with Gasteiger partial charge in [0.1, 0.15) is 5.76 Å². The molecule has 3 heterocycles. The third-order valence-electron chi connectivity index (χ3n) is 5.20. The highest BCUT2D eigenvalue weighted by Gasteiger charge is 2.37. The molecule has 1 atom stereocenters. The van der Waals surface area contributed by atoms with Gasteiger partial charge in [0.25, 0.3) is 10.2 Å². The molecule has 2 aromatic rings. The molecule has 10 nitrogen and oxygen atoms in total. The lowest BCUT2D eigenvalue weighted by atomic mass is 9.83. The van der Waals surface area contributed by atoms with Gasteiger partial charge in [-0.05, 0) is 48.8 Å². The molecule has 0 fully saturated rings. The molecule has 1 unspecified atom stereocenters. The van der Waals surface area contributed by atoms with E-state index in [1.54, 1.807) is 13.0 Å². The average Bonchev–Trinajstić information content (AvgIpc) is 2.79. The lowest BCUT2D eigenvalue weighted by molar-refractivity contribution is -0.143. The molecular formula is C21H18FN5O5S. The number of aromatic nitrogens is 3. The topological polar surface area (TPSA) is 140 Å². The first-order valence-corrected chi connectivity index (χ1v) is 11.2. The molecule has 0 aromatic carbocycles. The standard InChI is InChI=1S/C21H18FN5O5S/c1-11-14(8-12-4-7-26-20(18(12)22)27-33(30,31)23-2)21(29)32-16-10-13(9-15(28)17(11)16)19-24-5-3-6-25-19/h3-7,9-10,14,23H,8H2,1-2H3,(H,26,27). The minimum Gasteiger partial charge on any atom is -0.425 e. The van der Waals surface area contributed by atoms with E-state index >= 15 is 0 Å². The molecule has 33 heavy (non-hydrogen) atoms. The van der Waals surface area contributed by atoms with Crippen LogP contribution in [0.25, 0.3) is 5.57 Å². The van der Waals surface area contributed by atoms with Crippen LogP contribution < -0.4 is 9.44 Å². The second-order valence-corrected chi connectivity index (χ2v) is 8.84. The lowest BCUT2D eigenvalue weighted by Gasteiger charge is -2.28. The highest BCUT2D eigenvalue weighted by atomic mass is 32.2. The number of fused-ring (bicyclic) bond motifs is 1. The number of ketones is 1. The van der Waals surface area contributed by atoms with Gasteiger partial charge in [-0.15, -0.1) is 0 Å². The maximum absolute atomic E-state index is 14.9. The first kappa shape index (κ1) is 22.4. The number of pyridine rings is 1. The fourth-order valence-corrected chi connectivity index (χ4v) is 4.01. The first-order valence-electron chi connectivity index (χ1n) is 9.73. The third-order valence-corrected chi connectivity index (χ3v) is 6.19. The summed E-state index contributed by atoms with van der Waals surface area (Å²) in [5.41, 5.74) is 1.07. The smallest absolute Gasteiger partial charge is 0.318 e. The second kappa shape index (κ2) is 8.64. The number of rotatable bonds is 6. The van der Waals surface area contributed by atoms with Gasteiger partial charge in [0, 0.05) is 31.2 Å². The Morgan fingerprint density at radius 1 is 1.12 bits per heavy atom. The van der Waals surface area contributed by atoms with Gasteiger partial charge >= 0.3 is 5.97 Å². The predicted octanol–water partition coefficient (Wildman–Crippen LogP) is 1.47. The fourth-order valence-electron chi connectivity index (χ4n) is 3.51. The van der Waals surface area contributed by atoms with Crippen LogP contribution in [-0.4, -0.2) is 42.2 Å². The molecule has 0 saturated carbocycles. The molecule has 0 radical (unpaired) electrons. The van der Waals surface area contributed by atoms with E-state index in [4.69, 9.17) is 4.74 Å². The largest absolute Gasteiger partial charge is 0.425 e. The molecule has 170 valence electrons. The van der Waals surface area contributed by atoms with Crippen molar-refractivity contribution in [2.24, 2.45) is 5.92 Å². The Labute approximate surface area is 188 Å². The maximum atomic E-state index is 14.9. The van der Waals surface area contributed by atoms with Gasteiger partial charge in [-0.25, -0.2) is 24.1 Å². The zero-order chi connectivity index (χ0) is 23.8. The van der Waals surface area contributed by atoms with E-state index in [2.05, 4.69) is 15.0 Å². The number of esters is 1. The highest BCUT2D eigenvalue weighted by Crippen LogP contribution is 2.37. The van der Waals surface area contributed by atoms with Gasteiger partial charge < -0.3 is 4.74 Å². The normalized spacial score (nSPS) is 18.3. The maximum Gasteiger partial charge on any atom is 0.318 e. The first-order chi connectivity index (χ1) is 15.7. The van der Waals surface area contributed by atoms with Crippen molar-refractivity contribution >= 4 is 33.4 Å². The summed E-state index contributed by atoms with van der Waals surface area (Å²) in [5, 5.41) is 0. The van der Waals surface area contributed by atoms with Gasteiger partial charge in [0.15, 0.2) is 23.2 Å². The Balaban J connectivity index is 1.66. The van der Waals surface area contributed by atoms with E-state index in [0.717, 1.165) is 7.05 Å². The van der Waals surface area contributed by atoms with Crippen molar-refractivity contribution in [3.8, 4) is 0 Å². The summed E-state index contributed by atoms with van der Waals surface area (Å²) < 4.78 is 47.7. The van der Waals surface area contributed by atoms with E-state index < -0.39 is 33.7 Å². The summed E-state index contributed by atoms with van der Waals surface area (Å²) in [6.45, 7) is 1.60. The fraction of sp³-hybridized carbons (Fsp3) is 0.190. The quantitative estimate of drug-likeness (QED) is 0.604. The van der Waals surface area contributed by atoms with Gasteiger partial charge in [0.05, 0.1) is 11.5 Å². The van der Waals surface area contributed by atoms with Crippen LogP contribution in [0.1, 0.15) is 18.3 Å². The molecule has 2 aromatic heterocycles. The van der Waals surface area contributed by atoms with E-state index in [1.165, 1.54) is 36.8 Å². The van der Waals surface area contributed by atoms with Crippen LogP contribution >= 0.6 is 0 Å². The molecule has 0 saturated heterocycles. The molecule has 2 aliphatic rings. The third kappa shape index (κ3) is 4.43. The number of carbonyl (C=O) groups is 2. The number of halogens is 1. The SMILES string of the molecule is CNS(=O)(=O)Nc1nccc(CC2C(=O)OC3=CC(c4ncccn4)=CC(=O)C3=C2C)c1F. The van der Waals surface area contributed by atoms with Crippen LogP contribution in [-0.2, 0) is 31.0 Å². The van der Waals surface area contributed by atoms with Crippen molar-refractivity contribution in [2.45, 2.75) is 13.3 Å². The Bertz CT molecular complexity index is 1350. The van der Waals surface area contributed by atoms with E-state index in [1.807, 2.05) is 9.44 Å². The van der Waals surface area contributed by atoms with Gasteiger partial charge in [0.2, 0.25) is 0 Å². The van der Waals surface area contributed by atoms with Crippen LogP contribution in [0.2, 0.25) is 0 Å². The molecular weight excluding hydrogens is 453 g/mol. The number of anilines is 1. The molecule has 0 spiro atoms. The van der Waals surface area contributed by atoms with Crippen molar-refractivity contribution in [1.82, 2.24) is 19.7 Å². The number of carbonyl (C=O) groups excluding carboxylic acids is 2. The molecule has 0 amide bonds. The van der Waals surface area contributed by atoms with Crippen LogP contribution in [0.5, 0.6) is 0 Å². The van der Waals surface area contributed by atoms with Gasteiger partial charge in [-0.2, -0.15) is 8.42 Å². The number of allylic oxidation sites excluding steroid dienone is 4.